The van der Waals surface area contributed by atoms with Crippen molar-refractivity contribution in [3.63, 3.8) is 0 Å². The highest BCUT2D eigenvalue weighted by atomic mass is 19.3. The number of rotatable bonds is 3. The van der Waals surface area contributed by atoms with Crippen LogP contribution in [0.1, 0.15) is 29.4 Å². The van der Waals surface area contributed by atoms with Gasteiger partial charge in [0.1, 0.15) is 12.0 Å². The van der Waals surface area contributed by atoms with Crippen molar-refractivity contribution in [2.24, 2.45) is 7.05 Å². The Kier molecular flexibility index (Phi) is 5.72. The highest BCUT2D eigenvalue weighted by Gasteiger charge is 2.08. The maximum Gasteiger partial charge on any atom is 0.341 e. The molecule has 0 amide bonds. The number of alkyl halides is 2. The van der Waals surface area contributed by atoms with Crippen LogP contribution in [0.2, 0.25) is 0 Å². The number of furan rings is 1. The predicted octanol–water partition coefficient (Wildman–Crippen LogP) is 2.81. The fourth-order valence-corrected chi connectivity index (χ4v) is 1.14. The lowest BCUT2D eigenvalue weighted by Gasteiger charge is -1.95. The van der Waals surface area contributed by atoms with E-state index in [1.165, 1.54) is 29.5 Å². The van der Waals surface area contributed by atoms with E-state index in [9.17, 15) is 13.6 Å². The first-order valence-electron chi connectivity index (χ1n) is 5.51. The number of carbonyl (C=O) groups excluding carboxylic acids is 1. The van der Waals surface area contributed by atoms with Crippen molar-refractivity contribution in [3.05, 3.63) is 42.1 Å². The van der Waals surface area contributed by atoms with Crippen LogP contribution in [-0.4, -0.2) is 22.4 Å². The molecular weight excluding hydrogens is 258 g/mol. The van der Waals surface area contributed by atoms with E-state index in [1.54, 1.807) is 20.0 Å². The summed E-state index contributed by atoms with van der Waals surface area (Å²) in [6.45, 7) is 2.15. The van der Waals surface area contributed by atoms with Gasteiger partial charge in [-0.2, -0.15) is 5.10 Å². The molecule has 5 nitrogen and oxygen atoms in total. The molecule has 0 aromatic carbocycles. The number of ether oxygens (including phenoxy) is 1. The second kappa shape index (κ2) is 7.30. The number of halogens is 2. The predicted molar refractivity (Wildman–Crippen MR) is 62.8 cm³/mol. The van der Waals surface area contributed by atoms with Gasteiger partial charge in [-0.25, -0.2) is 13.6 Å². The van der Waals surface area contributed by atoms with E-state index in [0.717, 1.165) is 0 Å². The molecule has 0 bridgehead atoms. The van der Waals surface area contributed by atoms with Gasteiger partial charge >= 0.3 is 5.97 Å². The number of carbonyl (C=O) groups is 1. The molecule has 0 N–H and O–H groups in total. The molecule has 0 radical (unpaired) electrons. The first-order chi connectivity index (χ1) is 9.04. The largest absolute Gasteiger partial charge is 0.472 e. The normalized spacial score (nSPS) is 9.95. The van der Waals surface area contributed by atoms with Crippen molar-refractivity contribution < 1.29 is 22.7 Å². The maximum atomic E-state index is 11.7. The van der Waals surface area contributed by atoms with Crippen LogP contribution in [0.3, 0.4) is 0 Å². The Morgan fingerprint density at radius 2 is 2.26 bits per heavy atom. The summed E-state index contributed by atoms with van der Waals surface area (Å²) in [5.74, 6) is -0.337. The fraction of sp³-hybridized carbons (Fsp3) is 0.333. The number of hydrogen-bond donors (Lipinski definition) is 0. The summed E-state index contributed by atoms with van der Waals surface area (Å²) in [6.07, 6.45) is 1.83. The summed E-state index contributed by atoms with van der Waals surface area (Å²) in [5.41, 5.74) is 0.291. The Balaban J connectivity index is 0.000000191. The van der Waals surface area contributed by atoms with E-state index in [-0.39, 0.29) is 11.7 Å². The summed E-state index contributed by atoms with van der Waals surface area (Å²) in [4.78, 5) is 10.8. The Morgan fingerprint density at radius 1 is 1.53 bits per heavy atom. The molecule has 19 heavy (non-hydrogen) atoms. The number of nitrogens with zero attached hydrogens (tertiary/aromatic N) is 2. The van der Waals surface area contributed by atoms with E-state index < -0.39 is 6.43 Å². The Labute approximate surface area is 108 Å². The summed E-state index contributed by atoms with van der Waals surface area (Å²) in [7, 11) is 1.60. The lowest BCUT2D eigenvalue weighted by atomic mass is 10.3. The first kappa shape index (κ1) is 14.9. The van der Waals surface area contributed by atoms with Crippen molar-refractivity contribution in [2.45, 2.75) is 13.3 Å². The monoisotopic (exact) mass is 272 g/mol. The summed E-state index contributed by atoms with van der Waals surface area (Å²) < 4.78 is 34.1. The van der Waals surface area contributed by atoms with Gasteiger partial charge in [-0.15, -0.1) is 0 Å². The number of hydrogen-bond acceptors (Lipinski definition) is 4. The molecule has 0 saturated heterocycles. The third kappa shape index (κ3) is 4.90. The molecule has 0 spiro atoms. The number of aryl methyl sites for hydroxylation is 1. The molecule has 0 atom stereocenters. The van der Waals surface area contributed by atoms with Crippen molar-refractivity contribution >= 4 is 5.97 Å². The smallest absolute Gasteiger partial charge is 0.341 e. The Hall–Kier alpha value is -2.18. The molecule has 0 fully saturated rings. The standard InChI is InChI=1S/C7H8O3.C5H6F2N2/c1-2-10-7(8)6-3-4-9-5-6;1-9-3-2-4(8-9)5(6)7/h3-5H,2H2,1H3;2-3,5H,1H3. The van der Waals surface area contributed by atoms with Gasteiger partial charge < -0.3 is 9.15 Å². The summed E-state index contributed by atoms with van der Waals surface area (Å²) in [5, 5.41) is 3.48. The van der Waals surface area contributed by atoms with Crippen LogP contribution in [0.5, 0.6) is 0 Å². The second-order valence-electron chi connectivity index (χ2n) is 3.45. The highest BCUT2D eigenvalue weighted by molar-refractivity contribution is 5.88. The van der Waals surface area contributed by atoms with Gasteiger partial charge in [0.05, 0.1) is 18.4 Å². The van der Waals surface area contributed by atoms with Gasteiger partial charge in [0.15, 0.2) is 0 Å². The molecule has 0 unspecified atom stereocenters. The quantitative estimate of drug-likeness (QED) is 0.806. The van der Waals surface area contributed by atoms with Crippen molar-refractivity contribution in [1.82, 2.24) is 9.78 Å². The average Bonchev–Trinajstić information content (AvgIpc) is 3.00. The third-order valence-corrected chi connectivity index (χ3v) is 1.99. The zero-order chi connectivity index (χ0) is 14.3. The van der Waals surface area contributed by atoms with E-state index in [1.807, 2.05) is 0 Å². The lowest BCUT2D eigenvalue weighted by molar-refractivity contribution is 0.0525. The van der Waals surface area contributed by atoms with Crippen LogP contribution in [0.15, 0.2) is 35.3 Å². The van der Waals surface area contributed by atoms with Gasteiger partial charge in [-0.3, -0.25) is 4.68 Å². The Morgan fingerprint density at radius 3 is 2.63 bits per heavy atom. The molecule has 2 heterocycles. The van der Waals surface area contributed by atoms with Crippen LogP contribution in [0.4, 0.5) is 8.78 Å². The van der Waals surface area contributed by atoms with Crippen molar-refractivity contribution in [2.75, 3.05) is 6.61 Å². The molecule has 2 aromatic rings. The van der Waals surface area contributed by atoms with E-state index in [4.69, 9.17) is 0 Å². The van der Waals surface area contributed by atoms with E-state index >= 15 is 0 Å². The van der Waals surface area contributed by atoms with Crippen LogP contribution in [0, 0.1) is 0 Å². The van der Waals surface area contributed by atoms with Gasteiger partial charge in [0.25, 0.3) is 6.43 Å². The number of esters is 1. The van der Waals surface area contributed by atoms with Gasteiger partial charge in [0, 0.05) is 13.2 Å². The first-order valence-corrected chi connectivity index (χ1v) is 5.51. The SMILES string of the molecule is CCOC(=O)c1ccoc1.Cn1ccc(C(F)F)n1. The minimum Gasteiger partial charge on any atom is -0.472 e. The molecule has 2 aromatic heterocycles. The minimum absolute atomic E-state index is 0.169. The Bertz CT molecular complexity index is 495. The second-order valence-corrected chi connectivity index (χ2v) is 3.45. The van der Waals surface area contributed by atoms with E-state index in [2.05, 4.69) is 14.3 Å². The zero-order valence-electron chi connectivity index (χ0n) is 10.5. The molecule has 2 rings (SSSR count). The van der Waals surface area contributed by atoms with Crippen molar-refractivity contribution in [1.29, 1.82) is 0 Å². The topological polar surface area (TPSA) is 57.3 Å². The minimum atomic E-state index is -2.45. The summed E-state index contributed by atoms with van der Waals surface area (Å²) in [6, 6.07) is 2.86. The molecule has 0 aliphatic carbocycles. The van der Waals surface area contributed by atoms with Crippen LogP contribution in [-0.2, 0) is 11.8 Å². The highest BCUT2D eigenvalue weighted by Crippen LogP contribution is 2.14. The van der Waals surface area contributed by atoms with Gasteiger partial charge in [-0.05, 0) is 19.1 Å². The van der Waals surface area contributed by atoms with Gasteiger partial charge in [-0.1, -0.05) is 0 Å². The molecule has 0 aliphatic rings. The zero-order valence-corrected chi connectivity index (χ0v) is 10.5. The maximum absolute atomic E-state index is 11.7. The molecule has 0 aliphatic heterocycles. The fourth-order valence-electron chi connectivity index (χ4n) is 1.14. The lowest BCUT2D eigenvalue weighted by Crippen LogP contribution is -2.02. The molecular formula is C12H14F2N2O3. The van der Waals surface area contributed by atoms with E-state index in [0.29, 0.717) is 12.2 Å². The summed E-state index contributed by atoms with van der Waals surface area (Å²) >= 11 is 0. The van der Waals surface area contributed by atoms with Crippen LogP contribution in [0.25, 0.3) is 0 Å². The van der Waals surface area contributed by atoms with Crippen LogP contribution >= 0.6 is 0 Å². The number of aromatic nitrogens is 2. The third-order valence-electron chi connectivity index (χ3n) is 1.99. The average molecular weight is 272 g/mol. The molecule has 104 valence electrons. The van der Waals surface area contributed by atoms with Gasteiger partial charge in [0.2, 0.25) is 0 Å². The molecule has 0 saturated carbocycles. The molecule has 7 heteroatoms. The van der Waals surface area contributed by atoms with Crippen LogP contribution < -0.4 is 0 Å². The van der Waals surface area contributed by atoms with Crippen molar-refractivity contribution in [3.8, 4) is 0 Å².